The summed E-state index contributed by atoms with van der Waals surface area (Å²) in [6.45, 7) is 3.89. The number of carbonyl (C=O) groups is 1. The van der Waals surface area contributed by atoms with Gasteiger partial charge in [-0.15, -0.1) is 0 Å². The Morgan fingerprint density at radius 2 is 1.84 bits per heavy atom. The molecule has 1 aromatic carbocycles. The maximum absolute atomic E-state index is 14.0. The van der Waals surface area contributed by atoms with Crippen molar-refractivity contribution in [1.82, 2.24) is 4.90 Å². The van der Waals surface area contributed by atoms with Gasteiger partial charge in [-0.2, -0.15) is 0 Å². The SMILES string of the molecule is COC(=O)C(C(C)C)C(c1ccccc1F)N(C)C. The molecule has 0 aliphatic rings. The molecule has 0 N–H and O–H groups in total. The smallest absolute Gasteiger partial charge is 0.310 e. The lowest BCUT2D eigenvalue weighted by molar-refractivity contribution is -0.149. The van der Waals surface area contributed by atoms with Crippen LogP contribution in [-0.2, 0) is 9.53 Å². The first kappa shape index (κ1) is 15.6. The number of hydrogen-bond acceptors (Lipinski definition) is 3. The molecule has 0 saturated heterocycles. The molecule has 0 saturated carbocycles. The van der Waals surface area contributed by atoms with Crippen LogP contribution in [0.15, 0.2) is 24.3 Å². The van der Waals surface area contributed by atoms with Crippen LogP contribution in [0.3, 0.4) is 0 Å². The van der Waals surface area contributed by atoms with Crippen LogP contribution in [0.25, 0.3) is 0 Å². The molecule has 19 heavy (non-hydrogen) atoms. The van der Waals surface area contributed by atoms with Crippen molar-refractivity contribution in [2.75, 3.05) is 21.2 Å². The van der Waals surface area contributed by atoms with Gasteiger partial charge in [-0.3, -0.25) is 4.79 Å². The van der Waals surface area contributed by atoms with Crippen LogP contribution in [0.1, 0.15) is 25.5 Å². The summed E-state index contributed by atoms with van der Waals surface area (Å²) in [5.74, 6) is -0.955. The maximum atomic E-state index is 14.0. The van der Waals surface area contributed by atoms with Gasteiger partial charge in [-0.25, -0.2) is 4.39 Å². The zero-order valence-electron chi connectivity index (χ0n) is 12.2. The fourth-order valence-corrected chi connectivity index (χ4v) is 2.41. The summed E-state index contributed by atoms with van der Waals surface area (Å²) < 4.78 is 18.9. The second kappa shape index (κ2) is 6.66. The normalized spacial score (nSPS) is 14.5. The monoisotopic (exact) mass is 267 g/mol. The Morgan fingerprint density at radius 1 is 1.26 bits per heavy atom. The molecule has 2 atom stereocenters. The summed E-state index contributed by atoms with van der Waals surface area (Å²) in [5.41, 5.74) is 0.525. The summed E-state index contributed by atoms with van der Waals surface area (Å²) >= 11 is 0. The number of ether oxygens (including phenoxy) is 1. The predicted molar refractivity (Wildman–Crippen MR) is 73.2 cm³/mol. The van der Waals surface area contributed by atoms with Gasteiger partial charge in [0.2, 0.25) is 0 Å². The second-order valence-electron chi connectivity index (χ2n) is 5.22. The highest BCUT2D eigenvalue weighted by molar-refractivity contribution is 5.73. The highest BCUT2D eigenvalue weighted by Gasteiger charge is 2.35. The van der Waals surface area contributed by atoms with Gasteiger partial charge in [0.15, 0.2) is 0 Å². The van der Waals surface area contributed by atoms with Gasteiger partial charge in [0.1, 0.15) is 5.82 Å². The van der Waals surface area contributed by atoms with E-state index in [0.717, 1.165) is 0 Å². The quantitative estimate of drug-likeness (QED) is 0.768. The maximum Gasteiger partial charge on any atom is 0.310 e. The minimum absolute atomic E-state index is 0.0551. The molecule has 106 valence electrons. The van der Waals surface area contributed by atoms with Gasteiger partial charge in [0, 0.05) is 5.56 Å². The lowest BCUT2D eigenvalue weighted by Gasteiger charge is -2.33. The lowest BCUT2D eigenvalue weighted by Crippen LogP contribution is -2.36. The molecule has 0 amide bonds. The summed E-state index contributed by atoms with van der Waals surface area (Å²) in [5, 5.41) is 0. The van der Waals surface area contributed by atoms with Crippen molar-refractivity contribution in [2.45, 2.75) is 19.9 Å². The minimum atomic E-state index is -0.406. The Balaban J connectivity index is 3.26. The lowest BCUT2D eigenvalue weighted by atomic mass is 9.83. The van der Waals surface area contributed by atoms with Crippen LogP contribution in [0.5, 0.6) is 0 Å². The molecule has 0 heterocycles. The van der Waals surface area contributed by atoms with Gasteiger partial charge in [0.25, 0.3) is 0 Å². The molecule has 0 bridgehead atoms. The third-order valence-corrected chi connectivity index (χ3v) is 3.31. The molecule has 0 fully saturated rings. The molecule has 0 aliphatic carbocycles. The molecule has 0 aliphatic heterocycles. The fourth-order valence-electron chi connectivity index (χ4n) is 2.41. The van der Waals surface area contributed by atoms with E-state index in [0.29, 0.717) is 5.56 Å². The summed E-state index contributed by atoms with van der Waals surface area (Å²) in [7, 11) is 5.05. The first-order valence-electron chi connectivity index (χ1n) is 6.38. The zero-order valence-corrected chi connectivity index (χ0v) is 12.2. The first-order chi connectivity index (χ1) is 8.90. The van der Waals surface area contributed by atoms with E-state index < -0.39 is 5.92 Å². The average Bonchev–Trinajstić information content (AvgIpc) is 2.35. The highest BCUT2D eigenvalue weighted by Crippen LogP contribution is 2.34. The van der Waals surface area contributed by atoms with Gasteiger partial charge < -0.3 is 9.64 Å². The first-order valence-corrected chi connectivity index (χ1v) is 6.38. The third-order valence-electron chi connectivity index (χ3n) is 3.31. The second-order valence-corrected chi connectivity index (χ2v) is 5.22. The minimum Gasteiger partial charge on any atom is -0.469 e. The molecule has 2 unspecified atom stereocenters. The van der Waals surface area contributed by atoms with Crippen LogP contribution >= 0.6 is 0 Å². The van der Waals surface area contributed by atoms with E-state index in [1.165, 1.54) is 13.2 Å². The largest absolute Gasteiger partial charge is 0.469 e. The van der Waals surface area contributed by atoms with Gasteiger partial charge >= 0.3 is 5.97 Å². The Kier molecular flexibility index (Phi) is 5.48. The van der Waals surface area contributed by atoms with Crippen molar-refractivity contribution >= 4 is 5.97 Å². The van der Waals surface area contributed by atoms with Crippen molar-refractivity contribution in [3.05, 3.63) is 35.6 Å². The Bertz CT molecular complexity index is 432. The summed E-state index contributed by atoms with van der Waals surface area (Å²) in [6, 6.07) is 6.23. The van der Waals surface area contributed by atoms with E-state index in [1.54, 1.807) is 18.2 Å². The van der Waals surface area contributed by atoms with Crippen molar-refractivity contribution in [3.63, 3.8) is 0 Å². The average molecular weight is 267 g/mol. The van der Waals surface area contributed by atoms with Crippen molar-refractivity contribution in [1.29, 1.82) is 0 Å². The Hall–Kier alpha value is -1.42. The molecule has 0 radical (unpaired) electrons. The number of nitrogens with zero attached hydrogens (tertiary/aromatic N) is 1. The molecule has 1 aromatic rings. The number of benzene rings is 1. The van der Waals surface area contributed by atoms with Gasteiger partial charge in [-0.05, 0) is 26.1 Å². The molecule has 0 spiro atoms. The van der Waals surface area contributed by atoms with E-state index >= 15 is 0 Å². The van der Waals surface area contributed by atoms with Gasteiger partial charge in [-0.1, -0.05) is 32.0 Å². The highest BCUT2D eigenvalue weighted by atomic mass is 19.1. The molecule has 4 heteroatoms. The standard InChI is InChI=1S/C15H22FNO2/c1-10(2)13(15(18)19-5)14(17(3)4)11-8-6-7-9-12(11)16/h6-10,13-14H,1-5H3. The van der Waals surface area contributed by atoms with Crippen molar-refractivity contribution in [3.8, 4) is 0 Å². The zero-order chi connectivity index (χ0) is 14.6. The Labute approximate surface area is 114 Å². The number of hydrogen-bond donors (Lipinski definition) is 0. The van der Waals surface area contributed by atoms with Gasteiger partial charge in [0.05, 0.1) is 19.1 Å². The molecule has 3 nitrogen and oxygen atoms in total. The third kappa shape index (κ3) is 3.53. The number of rotatable bonds is 5. The van der Waals surface area contributed by atoms with E-state index in [9.17, 15) is 9.18 Å². The van der Waals surface area contributed by atoms with Crippen LogP contribution in [0, 0.1) is 17.7 Å². The van der Waals surface area contributed by atoms with Crippen LogP contribution < -0.4 is 0 Å². The number of halogens is 1. The van der Waals surface area contributed by atoms with E-state index in [4.69, 9.17) is 4.74 Å². The van der Waals surface area contributed by atoms with E-state index in [-0.39, 0.29) is 23.7 Å². The summed E-state index contributed by atoms with van der Waals surface area (Å²) in [4.78, 5) is 13.9. The van der Waals surface area contributed by atoms with Crippen LogP contribution in [-0.4, -0.2) is 32.1 Å². The number of methoxy groups -OCH3 is 1. The van der Waals surface area contributed by atoms with Crippen molar-refractivity contribution in [2.24, 2.45) is 11.8 Å². The van der Waals surface area contributed by atoms with Crippen molar-refractivity contribution < 1.29 is 13.9 Å². The van der Waals surface area contributed by atoms with Crippen LogP contribution in [0.2, 0.25) is 0 Å². The van der Waals surface area contributed by atoms with E-state index in [2.05, 4.69) is 0 Å². The molecular formula is C15H22FNO2. The number of esters is 1. The summed E-state index contributed by atoms with van der Waals surface area (Å²) in [6.07, 6.45) is 0. The molecule has 0 aromatic heterocycles. The topological polar surface area (TPSA) is 29.5 Å². The predicted octanol–water partition coefficient (Wildman–Crippen LogP) is 2.87. The van der Waals surface area contributed by atoms with E-state index in [1.807, 2.05) is 32.8 Å². The molecular weight excluding hydrogens is 245 g/mol. The fraction of sp³-hybridized carbons (Fsp3) is 0.533. The molecule has 1 rings (SSSR count). The Morgan fingerprint density at radius 3 is 2.26 bits per heavy atom. The number of carbonyl (C=O) groups excluding carboxylic acids is 1. The van der Waals surface area contributed by atoms with Crippen LogP contribution in [0.4, 0.5) is 4.39 Å².